The van der Waals surface area contributed by atoms with Crippen molar-refractivity contribution in [3.05, 3.63) is 29.3 Å². The summed E-state index contributed by atoms with van der Waals surface area (Å²) in [5, 5.41) is 11.3. The molecule has 0 amide bonds. The SMILES string of the molecule is CC(O)c1cnc2ccsc2c1. The monoisotopic (exact) mass is 179 g/mol. The first kappa shape index (κ1) is 7.71. The van der Waals surface area contributed by atoms with Crippen LogP contribution in [0.25, 0.3) is 10.2 Å². The predicted molar refractivity (Wildman–Crippen MR) is 50.3 cm³/mol. The highest BCUT2D eigenvalue weighted by molar-refractivity contribution is 7.17. The van der Waals surface area contributed by atoms with Crippen LogP contribution in [0.3, 0.4) is 0 Å². The van der Waals surface area contributed by atoms with Gasteiger partial charge >= 0.3 is 0 Å². The van der Waals surface area contributed by atoms with Crippen LogP contribution in [0.15, 0.2) is 23.7 Å². The van der Waals surface area contributed by atoms with E-state index in [9.17, 15) is 5.11 Å². The number of pyridine rings is 1. The number of rotatable bonds is 1. The zero-order valence-electron chi connectivity index (χ0n) is 6.69. The fourth-order valence-electron chi connectivity index (χ4n) is 1.09. The molecule has 0 aliphatic heterocycles. The molecular weight excluding hydrogens is 170 g/mol. The second-order valence-corrected chi connectivity index (χ2v) is 3.70. The topological polar surface area (TPSA) is 33.1 Å². The second kappa shape index (κ2) is 2.84. The van der Waals surface area contributed by atoms with Crippen LogP contribution in [0.2, 0.25) is 0 Å². The average molecular weight is 179 g/mol. The number of thiophene rings is 1. The Morgan fingerprint density at radius 2 is 2.42 bits per heavy atom. The van der Waals surface area contributed by atoms with Gasteiger partial charge in [0.15, 0.2) is 0 Å². The Morgan fingerprint density at radius 1 is 1.58 bits per heavy atom. The van der Waals surface area contributed by atoms with Gasteiger partial charge in [-0.05, 0) is 30.0 Å². The number of aliphatic hydroxyl groups excluding tert-OH is 1. The highest BCUT2D eigenvalue weighted by Gasteiger charge is 2.02. The van der Waals surface area contributed by atoms with Crippen LogP contribution in [0, 0.1) is 0 Å². The van der Waals surface area contributed by atoms with Gasteiger partial charge in [0.25, 0.3) is 0 Å². The van der Waals surface area contributed by atoms with E-state index in [0.717, 1.165) is 15.8 Å². The summed E-state index contributed by atoms with van der Waals surface area (Å²) in [7, 11) is 0. The van der Waals surface area contributed by atoms with Gasteiger partial charge in [-0.2, -0.15) is 0 Å². The van der Waals surface area contributed by atoms with Crippen LogP contribution in [-0.2, 0) is 0 Å². The summed E-state index contributed by atoms with van der Waals surface area (Å²) in [6.45, 7) is 1.75. The van der Waals surface area contributed by atoms with E-state index >= 15 is 0 Å². The van der Waals surface area contributed by atoms with Gasteiger partial charge in [0.2, 0.25) is 0 Å². The molecule has 3 heteroatoms. The van der Waals surface area contributed by atoms with Crippen molar-refractivity contribution in [2.24, 2.45) is 0 Å². The molecular formula is C9H9NOS. The molecule has 2 aromatic heterocycles. The van der Waals surface area contributed by atoms with Gasteiger partial charge in [0, 0.05) is 6.20 Å². The highest BCUT2D eigenvalue weighted by Crippen LogP contribution is 2.22. The van der Waals surface area contributed by atoms with Crippen LogP contribution in [0.4, 0.5) is 0 Å². The first-order valence-electron chi connectivity index (χ1n) is 3.78. The van der Waals surface area contributed by atoms with Crippen LogP contribution in [-0.4, -0.2) is 10.1 Å². The molecule has 2 aromatic rings. The third kappa shape index (κ3) is 1.21. The van der Waals surface area contributed by atoms with Crippen molar-refractivity contribution < 1.29 is 5.11 Å². The maximum absolute atomic E-state index is 9.29. The third-order valence-corrected chi connectivity index (χ3v) is 2.66. The molecule has 12 heavy (non-hydrogen) atoms. The quantitative estimate of drug-likeness (QED) is 0.729. The molecule has 0 aliphatic rings. The van der Waals surface area contributed by atoms with E-state index in [0.29, 0.717) is 0 Å². The Hall–Kier alpha value is -0.930. The number of aromatic nitrogens is 1. The summed E-state index contributed by atoms with van der Waals surface area (Å²) in [6.07, 6.45) is 1.30. The molecule has 2 rings (SSSR count). The first-order valence-corrected chi connectivity index (χ1v) is 4.66. The lowest BCUT2D eigenvalue weighted by Gasteiger charge is -2.02. The third-order valence-electron chi connectivity index (χ3n) is 1.81. The largest absolute Gasteiger partial charge is 0.389 e. The van der Waals surface area contributed by atoms with Gasteiger partial charge < -0.3 is 5.11 Å². The van der Waals surface area contributed by atoms with Gasteiger partial charge in [-0.3, -0.25) is 4.98 Å². The summed E-state index contributed by atoms with van der Waals surface area (Å²) in [4.78, 5) is 4.21. The van der Waals surface area contributed by atoms with Gasteiger partial charge in [0.1, 0.15) is 0 Å². The van der Waals surface area contributed by atoms with Crippen molar-refractivity contribution in [2.45, 2.75) is 13.0 Å². The Kier molecular flexibility index (Phi) is 1.83. The minimum Gasteiger partial charge on any atom is -0.389 e. The van der Waals surface area contributed by atoms with Gasteiger partial charge in [0.05, 0.1) is 16.3 Å². The lowest BCUT2D eigenvalue weighted by atomic mass is 10.2. The lowest BCUT2D eigenvalue weighted by molar-refractivity contribution is 0.199. The van der Waals surface area contributed by atoms with Crippen LogP contribution < -0.4 is 0 Å². The van der Waals surface area contributed by atoms with Gasteiger partial charge in [-0.1, -0.05) is 0 Å². The maximum atomic E-state index is 9.29. The Labute approximate surface area is 74.5 Å². The summed E-state index contributed by atoms with van der Waals surface area (Å²) in [5.74, 6) is 0. The van der Waals surface area contributed by atoms with Gasteiger partial charge in [-0.15, -0.1) is 11.3 Å². The molecule has 2 heterocycles. The zero-order valence-corrected chi connectivity index (χ0v) is 7.51. The Bertz CT molecular complexity index is 394. The fourth-order valence-corrected chi connectivity index (χ4v) is 1.88. The van der Waals surface area contributed by atoms with Crippen molar-refractivity contribution in [1.29, 1.82) is 0 Å². The zero-order chi connectivity index (χ0) is 8.55. The predicted octanol–water partition coefficient (Wildman–Crippen LogP) is 2.35. The molecule has 0 saturated heterocycles. The first-order chi connectivity index (χ1) is 5.77. The Balaban J connectivity index is 2.60. The van der Waals surface area contributed by atoms with Crippen molar-refractivity contribution in [2.75, 3.05) is 0 Å². The van der Waals surface area contributed by atoms with Crippen molar-refractivity contribution in [3.63, 3.8) is 0 Å². The Morgan fingerprint density at radius 3 is 3.17 bits per heavy atom. The summed E-state index contributed by atoms with van der Waals surface area (Å²) >= 11 is 1.65. The number of aliphatic hydroxyl groups is 1. The van der Waals surface area contributed by atoms with E-state index in [2.05, 4.69) is 4.98 Å². The molecule has 1 atom stereocenters. The second-order valence-electron chi connectivity index (χ2n) is 2.75. The summed E-state index contributed by atoms with van der Waals surface area (Å²) < 4.78 is 1.13. The normalized spacial score (nSPS) is 13.5. The molecule has 0 radical (unpaired) electrons. The number of hydrogen-bond donors (Lipinski definition) is 1. The van der Waals surface area contributed by atoms with E-state index < -0.39 is 6.10 Å². The molecule has 0 fully saturated rings. The number of fused-ring (bicyclic) bond motifs is 1. The number of nitrogens with zero attached hydrogens (tertiary/aromatic N) is 1. The highest BCUT2D eigenvalue weighted by atomic mass is 32.1. The van der Waals surface area contributed by atoms with E-state index in [-0.39, 0.29) is 0 Å². The molecule has 0 aromatic carbocycles. The average Bonchev–Trinajstić information content (AvgIpc) is 2.49. The molecule has 0 aliphatic carbocycles. The molecule has 62 valence electrons. The van der Waals surface area contributed by atoms with E-state index in [1.165, 1.54) is 0 Å². The molecule has 0 saturated carbocycles. The molecule has 2 nitrogen and oxygen atoms in total. The lowest BCUT2D eigenvalue weighted by Crippen LogP contribution is -1.90. The minimum atomic E-state index is -0.427. The van der Waals surface area contributed by atoms with E-state index in [4.69, 9.17) is 0 Å². The van der Waals surface area contributed by atoms with Crippen molar-refractivity contribution in [1.82, 2.24) is 4.98 Å². The van der Waals surface area contributed by atoms with E-state index in [1.54, 1.807) is 24.5 Å². The molecule has 1 N–H and O–H groups in total. The molecule has 1 unspecified atom stereocenters. The van der Waals surface area contributed by atoms with E-state index in [1.807, 2.05) is 17.5 Å². The maximum Gasteiger partial charge on any atom is 0.0809 e. The van der Waals surface area contributed by atoms with Crippen LogP contribution in [0.5, 0.6) is 0 Å². The van der Waals surface area contributed by atoms with Crippen molar-refractivity contribution >= 4 is 21.6 Å². The summed E-state index contributed by atoms with van der Waals surface area (Å²) in [5.41, 5.74) is 1.88. The number of hydrogen-bond acceptors (Lipinski definition) is 3. The van der Waals surface area contributed by atoms with Crippen LogP contribution >= 0.6 is 11.3 Å². The minimum absolute atomic E-state index is 0.427. The van der Waals surface area contributed by atoms with Gasteiger partial charge in [-0.25, -0.2) is 0 Å². The fraction of sp³-hybridized carbons (Fsp3) is 0.222. The standard InChI is InChI=1S/C9H9NOS/c1-6(11)7-4-9-8(10-5-7)2-3-12-9/h2-6,11H,1H3. The molecule has 0 bridgehead atoms. The van der Waals surface area contributed by atoms with Crippen molar-refractivity contribution in [3.8, 4) is 0 Å². The molecule has 0 spiro atoms. The van der Waals surface area contributed by atoms with Crippen LogP contribution in [0.1, 0.15) is 18.6 Å². The summed E-state index contributed by atoms with van der Waals surface area (Å²) in [6, 6.07) is 3.96. The smallest absolute Gasteiger partial charge is 0.0809 e.